The van der Waals surface area contributed by atoms with Crippen molar-refractivity contribution in [1.82, 2.24) is 9.80 Å². The number of likely N-dealkylation sites (tertiary alicyclic amines) is 2. The molecule has 3 aromatic carbocycles. The van der Waals surface area contributed by atoms with Crippen molar-refractivity contribution in [3.05, 3.63) is 102 Å². The lowest BCUT2D eigenvalue weighted by atomic mass is 9.77. The van der Waals surface area contributed by atoms with Gasteiger partial charge in [0.05, 0.1) is 5.41 Å². The maximum Gasteiger partial charge on any atom is 0.573 e. The van der Waals surface area contributed by atoms with Crippen molar-refractivity contribution in [2.45, 2.75) is 44.5 Å². The van der Waals surface area contributed by atoms with Crippen LogP contribution in [0, 0.1) is 5.41 Å². The Hall–Kier alpha value is -3.32. The molecule has 3 aromatic rings. The molecule has 1 amide bonds. The minimum Gasteiger partial charge on any atom is -0.406 e. The second-order valence-corrected chi connectivity index (χ2v) is 10.5. The van der Waals surface area contributed by atoms with E-state index in [9.17, 15) is 18.0 Å². The summed E-state index contributed by atoms with van der Waals surface area (Å²) in [7, 11) is 0. The predicted molar refractivity (Wildman–Crippen MR) is 141 cm³/mol. The SMILES string of the molecule is O=C1N(Cc2ccc(OC(F)(F)F)cc2)CCC12CCN(CCC(c1ccccc1)c1ccccc1)CC2. The Balaban J connectivity index is 1.15. The molecule has 2 aliphatic heterocycles. The van der Waals surface area contributed by atoms with Crippen LogP contribution in [-0.2, 0) is 11.3 Å². The van der Waals surface area contributed by atoms with E-state index in [0.29, 0.717) is 19.0 Å². The number of benzene rings is 3. The number of halogens is 3. The van der Waals surface area contributed by atoms with Crippen LogP contribution in [0.15, 0.2) is 84.9 Å². The van der Waals surface area contributed by atoms with Crippen LogP contribution in [0.1, 0.15) is 48.3 Å². The van der Waals surface area contributed by atoms with Crippen molar-refractivity contribution in [2.24, 2.45) is 5.41 Å². The van der Waals surface area contributed by atoms with Crippen LogP contribution in [0.4, 0.5) is 13.2 Å². The van der Waals surface area contributed by atoms with E-state index >= 15 is 0 Å². The third-order valence-corrected chi connectivity index (χ3v) is 8.08. The minimum atomic E-state index is -4.71. The van der Waals surface area contributed by atoms with E-state index in [1.165, 1.54) is 23.3 Å². The Morgan fingerprint density at radius 3 is 1.89 bits per heavy atom. The molecule has 0 aliphatic carbocycles. The lowest BCUT2D eigenvalue weighted by Crippen LogP contribution is -2.45. The Labute approximate surface area is 222 Å². The Morgan fingerprint density at radius 2 is 1.34 bits per heavy atom. The van der Waals surface area contributed by atoms with Gasteiger partial charge in [0.1, 0.15) is 5.75 Å². The maximum absolute atomic E-state index is 13.4. The summed E-state index contributed by atoms with van der Waals surface area (Å²) in [5, 5.41) is 0. The van der Waals surface area contributed by atoms with Crippen molar-refractivity contribution in [3.63, 3.8) is 0 Å². The van der Waals surface area contributed by atoms with E-state index in [-0.39, 0.29) is 17.1 Å². The van der Waals surface area contributed by atoms with Crippen molar-refractivity contribution >= 4 is 5.91 Å². The number of nitrogens with zero attached hydrogens (tertiary/aromatic N) is 2. The monoisotopic (exact) mass is 522 g/mol. The van der Waals surface area contributed by atoms with Crippen LogP contribution in [0.3, 0.4) is 0 Å². The van der Waals surface area contributed by atoms with Gasteiger partial charge in [-0.15, -0.1) is 13.2 Å². The topological polar surface area (TPSA) is 32.8 Å². The summed E-state index contributed by atoms with van der Waals surface area (Å²) in [6.07, 6.45) is -1.15. The highest BCUT2D eigenvalue weighted by molar-refractivity contribution is 5.85. The first-order chi connectivity index (χ1) is 18.3. The van der Waals surface area contributed by atoms with Gasteiger partial charge in [-0.2, -0.15) is 0 Å². The number of piperidine rings is 1. The largest absolute Gasteiger partial charge is 0.573 e. The third kappa shape index (κ3) is 6.21. The van der Waals surface area contributed by atoms with Gasteiger partial charge in [-0.05, 0) is 74.1 Å². The first-order valence-electron chi connectivity index (χ1n) is 13.3. The average Bonchev–Trinajstić information content (AvgIpc) is 3.21. The molecule has 7 heteroatoms. The van der Waals surface area contributed by atoms with Crippen LogP contribution in [0.25, 0.3) is 0 Å². The second-order valence-electron chi connectivity index (χ2n) is 10.5. The molecule has 1 spiro atoms. The quantitative estimate of drug-likeness (QED) is 0.333. The Kier molecular flexibility index (Phi) is 7.75. The summed E-state index contributed by atoms with van der Waals surface area (Å²) in [5.74, 6) is 0.267. The summed E-state index contributed by atoms with van der Waals surface area (Å²) >= 11 is 0. The number of hydrogen-bond donors (Lipinski definition) is 0. The van der Waals surface area contributed by atoms with E-state index in [0.717, 1.165) is 50.9 Å². The highest BCUT2D eigenvalue weighted by atomic mass is 19.4. The Bertz CT molecular complexity index is 1150. The number of carbonyl (C=O) groups is 1. The van der Waals surface area contributed by atoms with Crippen LogP contribution in [0.2, 0.25) is 0 Å². The molecule has 0 aromatic heterocycles. The molecule has 0 N–H and O–H groups in total. The fraction of sp³-hybridized carbons (Fsp3) is 0.387. The smallest absolute Gasteiger partial charge is 0.406 e. The van der Waals surface area contributed by atoms with E-state index < -0.39 is 6.36 Å². The van der Waals surface area contributed by atoms with Crippen molar-refractivity contribution in [1.29, 1.82) is 0 Å². The molecule has 5 rings (SSSR count). The number of rotatable bonds is 8. The lowest BCUT2D eigenvalue weighted by molar-refractivity contribution is -0.274. The molecule has 200 valence electrons. The molecule has 0 radical (unpaired) electrons. The lowest BCUT2D eigenvalue weighted by Gasteiger charge is -2.38. The van der Waals surface area contributed by atoms with E-state index in [1.54, 1.807) is 12.1 Å². The molecule has 38 heavy (non-hydrogen) atoms. The van der Waals surface area contributed by atoms with E-state index in [1.807, 2.05) is 4.90 Å². The summed E-state index contributed by atoms with van der Waals surface area (Å²) < 4.78 is 41.2. The van der Waals surface area contributed by atoms with Gasteiger partial charge >= 0.3 is 6.36 Å². The highest BCUT2D eigenvalue weighted by Crippen LogP contribution is 2.42. The normalized spacial score (nSPS) is 17.9. The predicted octanol–water partition coefficient (Wildman–Crippen LogP) is 6.62. The summed E-state index contributed by atoms with van der Waals surface area (Å²) in [6, 6.07) is 27.1. The molecule has 4 nitrogen and oxygen atoms in total. The van der Waals surface area contributed by atoms with Crippen LogP contribution in [0.5, 0.6) is 5.75 Å². The third-order valence-electron chi connectivity index (χ3n) is 8.08. The zero-order valence-electron chi connectivity index (χ0n) is 21.4. The first-order valence-corrected chi connectivity index (χ1v) is 13.3. The molecular weight excluding hydrogens is 489 g/mol. The van der Waals surface area contributed by atoms with Gasteiger partial charge in [-0.25, -0.2) is 0 Å². The van der Waals surface area contributed by atoms with Gasteiger partial charge in [-0.3, -0.25) is 4.79 Å². The fourth-order valence-electron chi connectivity index (χ4n) is 5.94. The van der Waals surface area contributed by atoms with Gasteiger partial charge < -0.3 is 14.5 Å². The molecule has 2 fully saturated rings. The van der Waals surface area contributed by atoms with Gasteiger partial charge in [-0.1, -0.05) is 72.8 Å². The first kappa shape index (κ1) is 26.3. The maximum atomic E-state index is 13.4. The highest BCUT2D eigenvalue weighted by Gasteiger charge is 2.47. The number of alkyl halides is 3. The molecule has 0 bridgehead atoms. The summed E-state index contributed by atoms with van der Waals surface area (Å²) in [4.78, 5) is 17.8. The van der Waals surface area contributed by atoms with Crippen molar-refractivity contribution in [2.75, 3.05) is 26.2 Å². The molecule has 0 saturated carbocycles. The van der Waals surface area contributed by atoms with Crippen LogP contribution in [-0.4, -0.2) is 48.2 Å². The van der Waals surface area contributed by atoms with Crippen molar-refractivity contribution < 1.29 is 22.7 Å². The number of amides is 1. The van der Waals surface area contributed by atoms with Crippen molar-refractivity contribution in [3.8, 4) is 5.75 Å². The fourth-order valence-corrected chi connectivity index (χ4v) is 5.94. The van der Waals surface area contributed by atoms with Gasteiger partial charge in [0.25, 0.3) is 0 Å². The molecule has 2 aliphatic rings. The number of hydrogen-bond acceptors (Lipinski definition) is 3. The molecule has 0 unspecified atom stereocenters. The van der Waals surface area contributed by atoms with Gasteiger partial charge in [0.2, 0.25) is 5.91 Å². The summed E-state index contributed by atoms with van der Waals surface area (Å²) in [6.45, 7) is 3.88. The molecule has 2 saturated heterocycles. The van der Waals surface area contributed by atoms with E-state index in [2.05, 4.69) is 70.3 Å². The average molecular weight is 523 g/mol. The van der Waals surface area contributed by atoms with Crippen LogP contribution < -0.4 is 4.74 Å². The molecule has 0 atom stereocenters. The molecular formula is C31H33F3N2O2. The van der Waals surface area contributed by atoms with E-state index in [4.69, 9.17) is 0 Å². The van der Waals surface area contributed by atoms with Gasteiger partial charge in [0.15, 0.2) is 0 Å². The molecule has 2 heterocycles. The zero-order valence-corrected chi connectivity index (χ0v) is 21.4. The van der Waals surface area contributed by atoms with Gasteiger partial charge in [0, 0.05) is 19.0 Å². The standard InChI is InChI=1S/C31H33F3N2O2/c32-31(33,34)38-27-13-11-24(12-14-27)23-36-22-18-30(29(36)37)16-20-35(21-17-30)19-15-28(25-7-3-1-4-8-25)26-9-5-2-6-10-26/h1-14,28H,15-23H2. The number of carbonyl (C=O) groups excluding carboxylic acids is 1. The second kappa shape index (κ2) is 11.2. The Morgan fingerprint density at radius 1 is 0.789 bits per heavy atom. The summed E-state index contributed by atoms with van der Waals surface area (Å²) in [5.41, 5.74) is 3.14. The van der Waals surface area contributed by atoms with Crippen LogP contribution >= 0.6 is 0 Å². The number of ether oxygens (including phenoxy) is 1. The zero-order chi connectivity index (χ0) is 26.6. The minimum absolute atomic E-state index is 0.180.